The molecule has 1 heterocycles. The van der Waals surface area contributed by atoms with Gasteiger partial charge in [-0.15, -0.1) is 0 Å². The normalized spacial score (nSPS) is 11.4. The van der Waals surface area contributed by atoms with Gasteiger partial charge in [0.2, 0.25) is 11.8 Å². The molecular formula is C10H13ClF3N3O. The molecule has 0 unspecified atom stereocenters. The maximum Gasteiger partial charge on any atom is 0.389 e. The predicted molar refractivity (Wildman–Crippen MR) is 62.0 cm³/mol. The van der Waals surface area contributed by atoms with E-state index < -0.39 is 12.6 Å². The van der Waals surface area contributed by atoms with E-state index in [4.69, 9.17) is 16.3 Å². The summed E-state index contributed by atoms with van der Waals surface area (Å²) in [5.74, 6) is 0.414. The molecule has 0 bridgehead atoms. The summed E-state index contributed by atoms with van der Waals surface area (Å²) in [6, 6.07) is 0. The lowest BCUT2D eigenvalue weighted by molar-refractivity contribution is -0.136. The van der Waals surface area contributed by atoms with Crippen LogP contribution >= 0.6 is 11.6 Å². The Hall–Kier alpha value is -1.24. The second-order valence-corrected chi connectivity index (χ2v) is 3.85. The molecule has 4 nitrogen and oxygen atoms in total. The Morgan fingerprint density at radius 3 is 2.78 bits per heavy atom. The zero-order valence-corrected chi connectivity index (χ0v) is 10.5. The monoisotopic (exact) mass is 283 g/mol. The molecule has 0 radical (unpaired) electrons. The molecule has 0 aliphatic rings. The number of nitrogens with zero attached hydrogens (tertiary/aromatic N) is 2. The summed E-state index contributed by atoms with van der Waals surface area (Å²) in [5, 5.41) is 3.02. The number of hydrogen-bond acceptors (Lipinski definition) is 4. The summed E-state index contributed by atoms with van der Waals surface area (Å²) in [6.45, 7) is 2.39. The predicted octanol–water partition coefficient (Wildman–Crippen LogP) is 3.28. The number of hydrogen-bond donors (Lipinski definition) is 1. The second-order valence-electron chi connectivity index (χ2n) is 3.44. The topological polar surface area (TPSA) is 47.0 Å². The fourth-order valence-corrected chi connectivity index (χ4v) is 1.28. The van der Waals surface area contributed by atoms with Crippen molar-refractivity contribution in [1.82, 2.24) is 9.97 Å². The minimum absolute atomic E-state index is 0.0878. The Bertz CT molecular complexity index is 387. The standard InChI is InChI=1S/C10H13ClF3N3O/c1-2-15-9-16-6-7(11)8(17-9)18-5-3-4-10(12,13)14/h6H,2-5H2,1H3,(H,15,16,17). The SMILES string of the molecule is CCNc1ncc(Cl)c(OCCCC(F)(F)F)n1. The summed E-state index contributed by atoms with van der Waals surface area (Å²) in [5.41, 5.74) is 0. The lowest BCUT2D eigenvalue weighted by Crippen LogP contribution is -2.10. The van der Waals surface area contributed by atoms with Crippen LogP contribution in [0.4, 0.5) is 19.1 Å². The van der Waals surface area contributed by atoms with Gasteiger partial charge in [0, 0.05) is 13.0 Å². The van der Waals surface area contributed by atoms with Crippen LogP contribution in [0.25, 0.3) is 0 Å². The highest BCUT2D eigenvalue weighted by Gasteiger charge is 2.26. The Morgan fingerprint density at radius 1 is 1.44 bits per heavy atom. The first-order chi connectivity index (χ1) is 8.42. The number of anilines is 1. The summed E-state index contributed by atoms with van der Waals surface area (Å²) in [7, 11) is 0. The first-order valence-corrected chi connectivity index (χ1v) is 5.76. The Kier molecular flexibility index (Phi) is 5.46. The van der Waals surface area contributed by atoms with E-state index in [2.05, 4.69) is 15.3 Å². The summed E-state index contributed by atoms with van der Waals surface area (Å²) >= 11 is 5.77. The van der Waals surface area contributed by atoms with Crippen molar-refractivity contribution in [2.45, 2.75) is 25.9 Å². The molecule has 8 heteroatoms. The average Bonchev–Trinajstić information content (AvgIpc) is 2.27. The molecule has 1 aromatic heterocycles. The average molecular weight is 284 g/mol. The van der Waals surface area contributed by atoms with Crippen molar-refractivity contribution >= 4 is 17.5 Å². The van der Waals surface area contributed by atoms with Crippen molar-refractivity contribution in [3.05, 3.63) is 11.2 Å². The van der Waals surface area contributed by atoms with Gasteiger partial charge in [0.25, 0.3) is 0 Å². The van der Waals surface area contributed by atoms with Crippen LogP contribution in [0.15, 0.2) is 6.20 Å². The van der Waals surface area contributed by atoms with Crippen molar-refractivity contribution in [3.63, 3.8) is 0 Å². The van der Waals surface area contributed by atoms with E-state index in [1.165, 1.54) is 6.20 Å². The van der Waals surface area contributed by atoms with Crippen LogP contribution in [0.1, 0.15) is 19.8 Å². The molecule has 102 valence electrons. The van der Waals surface area contributed by atoms with Crippen LogP contribution in [0.5, 0.6) is 5.88 Å². The quantitative estimate of drug-likeness (QED) is 0.814. The fraction of sp³-hybridized carbons (Fsp3) is 0.600. The number of ether oxygens (including phenoxy) is 1. The first kappa shape index (κ1) is 14.8. The van der Waals surface area contributed by atoms with E-state index in [0.717, 1.165) is 0 Å². The summed E-state index contributed by atoms with van der Waals surface area (Å²) in [6.07, 6.45) is -3.87. The van der Waals surface area contributed by atoms with Crippen molar-refractivity contribution in [1.29, 1.82) is 0 Å². The second kappa shape index (κ2) is 6.63. The van der Waals surface area contributed by atoms with Gasteiger partial charge >= 0.3 is 6.18 Å². The number of rotatable bonds is 6. The summed E-state index contributed by atoms with van der Waals surface area (Å²) < 4.78 is 40.8. The van der Waals surface area contributed by atoms with Gasteiger partial charge in [0.05, 0.1) is 12.8 Å². The molecule has 0 saturated heterocycles. The van der Waals surface area contributed by atoms with Crippen LogP contribution in [-0.4, -0.2) is 29.3 Å². The maximum atomic E-state index is 11.9. The Morgan fingerprint density at radius 2 is 2.17 bits per heavy atom. The Balaban J connectivity index is 2.48. The molecule has 0 aliphatic heterocycles. The third-order valence-corrected chi connectivity index (χ3v) is 2.15. The van der Waals surface area contributed by atoms with Crippen molar-refractivity contribution < 1.29 is 17.9 Å². The van der Waals surface area contributed by atoms with Gasteiger partial charge in [-0.3, -0.25) is 0 Å². The number of nitrogens with one attached hydrogen (secondary N) is 1. The third-order valence-electron chi connectivity index (χ3n) is 1.89. The van der Waals surface area contributed by atoms with Crippen molar-refractivity contribution in [3.8, 4) is 5.88 Å². The van der Waals surface area contributed by atoms with Gasteiger partial charge in [-0.2, -0.15) is 18.2 Å². The molecule has 0 atom stereocenters. The van der Waals surface area contributed by atoms with E-state index >= 15 is 0 Å². The lowest BCUT2D eigenvalue weighted by atomic mass is 10.3. The van der Waals surface area contributed by atoms with Gasteiger partial charge in [-0.05, 0) is 13.3 Å². The Labute approximate surface area is 108 Å². The van der Waals surface area contributed by atoms with Gasteiger partial charge < -0.3 is 10.1 Å². The fourth-order valence-electron chi connectivity index (χ4n) is 1.14. The van der Waals surface area contributed by atoms with Crippen LogP contribution < -0.4 is 10.1 Å². The van der Waals surface area contributed by atoms with Gasteiger partial charge in [-0.1, -0.05) is 11.6 Å². The highest BCUT2D eigenvalue weighted by Crippen LogP contribution is 2.24. The maximum absolute atomic E-state index is 11.9. The smallest absolute Gasteiger partial charge is 0.389 e. The molecule has 1 N–H and O–H groups in total. The largest absolute Gasteiger partial charge is 0.476 e. The minimum Gasteiger partial charge on any atom is -0.476 e. The molecule has 18 heavy (non-hydrogen) atoms. The molecule has 0 aliphatic carbocycles. The zero-order valence-electron chi connectivity index (χ0n) is 9.72. The van der Waals surface area contributed by atoms with E-state index in [9.17, 15) is 13.2 Å². The number of aromatic nitrogens is 2. The molecule has 1 rings (SSSR count). The van der Waals surface area contributed by atoms with E-state index in [0.29, 0.717) is 12.5 Å². The number of alkyl halides is 3. The molecule has 0 spiro atoms. The molecular weight excluding hydrogens is 271 g/mol. The molecule has 0 aromatic carbocycles. The third kappa shape index (κ3) is 5.39. The highest BCUT2D eigenvalue weighted by atomic mass is 35.5. The van der Waals surface area contributed by atoms with Crippen LogP contribution in [0.2, 0.25) is 5.02 Å². The minimum atomic E-state index is -4.17. The molecule has 1 aromatic rings. The van der Waals surface area contributed by atoms with Crippen molar-refractivity contribution in [2.75, 3.05) is 18.5 Å². The van der Waals surface area contributed by atoms with Gasteiger partial charge in [0.1, 0.15) is 5.02 Å². The first-order valence-electron chi connectivity index (χ1n) is 5.38. The highest BCUT2D eigenvalue weighted by molar-refractivity contribution is 6.31. The molecule has 0 fully saturated rings. The molecule has 0 amide bonds. The summed E-state index contributed by atoms with van der Waals surface area (Å²) in [4.78, 5) is 7.82. The van der Waals surface area contributed by atoms with Crippen LogP contribution in [0.3, 0.4) is 0 Å². The number of halogens is 4. The van der Waals surface area contributed by atoms with Crippen LogP contribution in [0, 0.1) is 0 Å². The molecule has 0 saturated carbocycles. The lowest BCUT2D eigenvalue weighted by Gasteiger charge is -2.09. The van der Waals surface area contributed by atoms with E-state index in [1.54, 1.807) is 0 Å². The van der Waals surface area contributed by atoms with Gasteiger partial charge in [-0.25, -0.2) is 4.98 Å². The van der Waals surface area contributed by atoms with Crippen LogP contribution in [-0.2, 0) is 0 Å². The van der Waals surface area contributed by atoms with E-state index in [1.807, 2.05) is 6.92 Å². The van der Waals surface area contributed by atoms with Gasteiger partial charge in [0.15, 0.2) is 0 Å². The van der Waals surface area contributed by atoms with E-state index in [-0.39, 0.29) is 23.9 Å². The zero-order chi connectivity index (χ0) is 13.6. The van der Waals surface area contributed by atoms with Crippen molar-refractivity contribution in [2.24, 2.45) is 0 Å².